The van der Waals surface area contributed by atoms with Crippen LogP contribution in [0.15, 0.2) is 18.2 Å². The molecule has 0 bridgehead atoms. The summed E-state index contributed by atoms with van der Waals surface area (Å²) in [6.07, 6.45) is 0. The molecule has 0 saturated heterocycles. The SMILES string of the molecule is COCC(N)c1nc2cccc(C)c2n1C. The molecule has 4 nitrogen and oxygen atoms in total. The third-order valence-electron chi connectivity index (χ3n) is 2.81. The van der Waals surface area contributed by atoms with E-state index in [1.54, 1.807) is 7.11 Å². The maximum Gasteiger partial charge on any atom is 0.128 e. The molecule has 1 aromatic carbocycles. The normalized spacial score (nSPS) is 13.2. The molecule has 0 saturated carbocycles. The van der Waals surface area contributed by atoms with Crippen LogP contribution in [0, 0.1) is 6.92 Å². The van der Waals surface area contributed by atoms with E-state index in [1.165, 1.54) is 5.56 Å². The van der Waals surface area contributed by atoms with Gasteiger partial charge in [-0.15, -0.1) is 0 Å². The van der Waals surface area contributed by atoms with Crippen LogP contribution in [-0.2, 0) is 11.8 Å². The molecule has 2 rings (SSSR count). The lowest BCUT2D eigenvalue weighted by Crippen LogP contribution is -2.20. The second-order valence-corrected chi connectivity index (χ2v) is 4.03. The maximum absolute atomic E-state index is 6.01. The van der Waals surface area contributed by atoms with E-state index in [0.717, 1.165) is 16.9 Å². The highest BCUT2D eigenvalue weighted by atomic mass is 16.5. The van der Waals surface area contributed by atoms with Crippen molar-refractivity contribution in [3.05, 3.63) is 29.6 Å². The van der Waals surface area contributed by atoms with Gasteiger partial charge in [-0.2, -0.15) is 0 Å². The highest BCUT2D eigenvalue weighted by molar-refractivity contribution is 5.79. The molecule has 1 heterocycles. The lowest BCUT2D eigenvalue weighted by molar-refractivity contribution is 0.177. The Labute approximate surface area is 95.0 Å². The van der Waals surface area contributed by atoms with Crippen LogP contribution < -0.4 is 5.73 Å². The third-order valence-corrected chi connectivity index (χ3v) is 2.81. The lowest BCUT2D eigenvalue weighted by atomic mass is 10.2. The van der Waals surface area contributed by atoms with Crippen LogP contribution in [-0.4, -0.2) is 23.3 Å². The molecule has 86 valence electrons. The van der Waals surface area contributed by atoms with Crippen LogP contribution >= 0.6 is 0 Å². The van der Waals surface area contributed by atoms with Gasteiger partial charge in [0.2, 0.25) is 0 Å². The number of benzene rings is 1. The number of para-hydroxylation sites is 1. The van der Waals surface area contributed by atoms with Crippen molar-refractivity contribution in [3.63, 3.8) is 0 Å². The number of nitrogens with two attached hydrogens (primary N) is 1. The Kier molecular flexibility index (Phi) is 2.94. The summed E-state index contributed by atoms with van der Waals surface area (Å²) in [5.41, 5.74) is 9.36. The number of hydrogen-bond acceptors (Lipinski definition) is 3. The number of rotatable bonds is 3. The summed E-state index contributed by atoms with van der Waals surface area (Å²) in [7, 11) is 3.64. The first-order valence-electron chi connectivity index (χ1n) is 5.31. The zero-order valence-electron chi connectivity index (χ0n) is 9.90. The molecule has 16 heavy (non-hydrogen) atoms. The molecule has 0 fully saturated rings. The number of imidazole rings is 1. The number of hydrogen-bond donors (Lipinski definition) is 1. The van der Waals surface area contributed by atoms with Crippen molar-refractivity contribution in [2.75, 3.05) is 13.7 Å². The first-order chi connectivity index (χ1) is 7.65. The Balaban J connectivity index is 2.56. The number of aromatic nitrogens is 2. The summed E-state index contributed by atoms with van der Waals surface area (Å²) in [6, 6.07) is 5.92. The molecule has 1 atom stereocenters. The fourth-order valence-electron chi connectivity index (χ4n) is 2.07. The molecule has 0 aliphatic carbocycles. The van der Waals surface area contributed by atoms with Gasteiger partial charge in [0, 0.05) is 14.2 Å². The van der Waals surface area contributed by atoms with Crippen molar-refractivity contribution >= 4 is 11.0 Å². The van der Waals surface area contributed by atoms with Crippen molar-refractivity contribution in [3.8, 4) is 0 Å². The zero-order valence-corrected chi connectivity index (χ0v) is 9.90. The summed E-state index contributed by atoms with van der Waals surface area (Å²) in [5, 5.41) is 0. The standard InChI is InChI=1S/C12H17N3O/c1-8-5-4-6-10-11(8)15(2)12(14-10)9(13)7-16-3/h4-6,9H,7,13H2,1-3H3. The van der Waals surface area contributed by atoms with Crippen LogP contribution in [0.1, 0.15) is 17.4 Å². The van der Waals surface area contributed by atoms with Crippen molar-refractivity contribution in [2.24, 2.45) is 12.8 Å². The smallest absolute Gasteiger partial charge is 0.128 e. The van der Waals surface area contributed by atoms with Crippen molar-refractivity contribution in [2.45, 2.75) is 13.0 Å². The Bertz CT molecular complexity index is 504. The molecule has 1 unspecified atom stereocenters. The number of fused-ring (bicyclic) bond motifs is 1. The van der Waals surface area contributed by atoms with E-state index in [1.807, 2.05) is 23.7 Å². The molecule has 0 aliphatic heterocycles. The van der Waals surface area contributed by atoms with E-state index in [9.17, 15) is 0 Å². The fraction of sp³-hybridized carbons (Fsp3) is 0.417. The molecular weight excluding hydrogens is 202 g/mol. The van der Waals surface area contributed by atoms with Crippen LogP contribution in [0.2, 0.25) is 0 Å². The number of ether oxygens (including phenoxy) is 1. The van der Waals surface area contributed by atoms with Gasteiger partial charge in [-0.3, -0.25) is 0 Å². The van der Waals surface area contributed by atoms with Gasteiger partial charge < -0.3 is 15.0 Å². The molecule has 2 N–H and O–H groups in total. The fourth-order valence-corrected chi connectivity index (χ4v) is 2.07. The van der Waals surface area contributed by atoms with Gasteiger partial charge in [-0.05, 0) is 18.6 Å². The molecule has 4 heteroatoms. The minimum atomic E-state index is -0.179. The predicted octanol–water partition coefficient (Wildman–Crippen LogP) is 1.53. The summed E-state index contributed by atoms with van der Waals surface area (Å²) in [4.78, 5) is 4.55. The molecule has 0 spiro atoms. The van der Waals surface area contributed by atoms with E-state index in [0.29, 0.717) is 6.61 Å². The molecule has 2 aromatic rings. The van der Waals surface area contributed by atoms with Crippen LogP contribution in [0.5, 0.6) is 0 Å². The van der Waals surface area contributed by atoms with Crippen LogP contribution in [0.4, 0.5) is 0 Å². The third kappa shape index (κ3) is 1.70. The minimum absolute atomic E-state index is 0.179. The highest BCUT2D eigenvalue weighted by Crippen LogP contribution is 2.21. The Morgan fingerprint density at radius 2 is 2.25 bits per heavy atom. The van der Waals surface area contributed by atoms with E-state index >= 15 is 0 Å². The van der Waals surface area contributed by atoms with Crippen molar-refractivity contribution < 1.29 is 4.74 Å². The van der Waals surface area contributed by atoms with E-state index in [2.05, 4.69) is 18.0 Å². The highest BCUT2D eigenvalue weighted by Gasteiger charge is 2.15. The molecule has 0 amide bonds. The molecular formula is C12H17N3O. The lowest BCUT2D eigenvalue weighted by Gasteiger charge is -2.10. The zero-order chi connectivity index (χ0) is 11.7. The van der Waals surface area contributed by atoms with E-state index in [-0.39, 0.29) is 6.04 Å². The van der Waals surface area contributed by atoms with Gasteiger partial charge in [0.25, 0.3) is 0 Å². The summed E-state index contributed by atoms with van der Waals surface area (Å²) < 4.78 is 7.11. The summed E-state index contributed by atoms with van der Waals surface area (Å²) in [6.45, 7) is 2.56. The Morgan fingerprint density at radius 3 is 2.88 bits per heavy atom. The van der Waals surface area contributed by atoms with Gasteiger partial charge in [-0.25, -0.2) is 4.98 Å². The number of methoxy groups -OCH3 is 1. The average molecular weight is 219 g/mol. The Morgan fingerprint density at radius 1 is 1.50 bits per heavy atom. The van der Waals surface area contributed by atoms with Crippen LogP contribution in [0.3, 0.4) is 0 Å². The monoisotopic (exact) mass is 219 g/mol. The first kappa shape index (κ1) is 11.1. The molecule has 0 radical (unpaired) electrons. The average Bonchev–Trinajstić information content (AvgIpc) is 2.58. The van der Waals surface area contributed by atoms with E-state index in [4.69, 9.17) is 10.5 Å². The summed E-state index contributed by atoms with van der Waals surface area (Å²) in [5.74, 6) is 0.867. The number of aryl methyl sites for hydroxylation is 2. The topological polar surface area (TPSA) is 53.1 Å². The maximum atomic E-state index is 6.01. The second-order valence-electron chi connectivity index (χ2n) is 4.03. The molecule has 1 aromatic heterocycles. The number of nitrogens with zero attached hydrogens (tertiary/aromatic N) is 2. The van der Waals surface area contributed by atoms with E-state index < -0.39 is 0 Å². The summed E-state index contributed by atoms with van der Waals surface area (Å²) >= 11 is 0. The Hall–Kier alpha value is -1.39. The quantitative estimate of drug-likeness (QED) is 0.851. The van der Waals surface area contributed by atoms with Gasteiger partial charge in [-0.1, -0.05) is 12.1 Å². The minimum Gasteiger partial charge on any atom is -0.383 e. The van der Waals surface area contributed by atoms with Gasteiger partial charge in [0.05, 0.1) is 23.7 Å². The van der Waals surface area contributed by atoms with Gasteiger partial charge >= 0.3 is 0 Å². The second kappa shape index (κ2) is 4.23. The van der Waals surface area contributed by atoms with Crippen LogP contribution in [0.25, 0.3) is 11.0 Å². The largest absolute Gasteiger partial charge is 0.383 e. The van der Waals surface area contributed by atoms with Gasteiger partial charge in [0.1, 0.15) is 5.82 Å². The van der Waals surface area contributed by atoms with Gasteiger partial charge in [0.15, 0.2) is 0 Å². The molecule has 0 aliphatic rings. The van der Waals surface area contributed by atoms with Crippen molar-refractivity contribution in [1.29, 1.82) is 0 Å². The first-order valence-corrected chi connectivity index (χ1v) is 5.31. The van der Waals surface area contributed by atoms with Crippen molar-refractivity contribution in [1.82, 2.24) is 9.55 Å². The predicted molar refractivity (Wildman–Crippen MR) is 64.3 cm³/mol.